The van der Waals surface area contributed by atoms with Crippen LogP contribution < -0.4 is 15.4 Å². The lowest BCUT2D eigenvalue weighted by Gasteiger charge is -2.24. The zero-order valence-electron chi connectivity index (χ0n) is 19.0. The van der Waals surface area contributed by atoms with Crippen LogP contribution in [0.25, 0.3) is 0 Å². The Hall–Kier alpha value is -3.03. The van der Waals surface area contributed by atoms with Gasteiger partial charge in [0.1, 0.15) is 12.4 Å². The van der Waals surface area contributed by atoms with Crippen LogP contribution in [0, 0.1) is 0 Å². The van der Waals surface area contributed by atoms with E-state index in [1.54, 1.807) is 24.3 Å². The molecular weight excluding hydrogens is 465 g/mol. The van der Waals surface area contributed by atoms with Gasteiger partial charge in [0.25, 0.3) is 5.91 Å². The number of ether oxygens (including phenoxy) is 1. The largest absolute Gasteiger partial charge is 0.489 e. The first-order chi connectivity index (χ1) is 15.7. The second-order valence-electron chi connectivity index (χ2n) is 7.97. The highest BCUT2D eigenvalue weighted by atomic mass is 35.5. The second kappa shape index (κ2) is 11.9. The number of nitrogens with two attached hydrogens (primary N) is 1. The molecule has 0 saturated heterocycles. The molecule has 182 valence electrons. The third-order valence-electron chi connectivity index (χ3n) is 5.26. The Kier molecular flexibility index (Phi) is 9.53. The van der Waals surface area contributed by atoms with Gasteiger partial charge in [-0.3, -0.25) is 4.79 Å². The molecule has 3 aromatic carbocycles. The first-order valence-corrected chi connectivity index (χ1v) is 10.7. The highest BCUT2D eigenvalue weighted by molar-refractivity contribution is 6.07. The van der Waals surface area contributed by atoms with Gasteiger partial charge in [0.15, 0.2) is 0 Å². The van der Waals surface area contributed by atoms with Crippen LogP contribution in [0.4, 0.5) is 18.9 Å². The Morgan fingerprint density at radius 3 is 2.15 bits per heavy atom. The molecule has 0 bridgehead atoms. The summed E-state index contributed by atoms with van der Waals surface area (Å²) in [5.41, 5.74) is 6.96. The molecule has 0 aliphatic carbocycles. The van der Waals surface area contributed by atoms with Crippen molar-refractivity contribution >= 4 is 24.0 Å². The Morgan fingerprint density at radius 1 is 0.971 bits per heavy atom. The molecular formula is C26H28ClF3N2O2. The molecule has 3 rings (SSSR count). The molecule has 34 heavy (non-hydrogen) atoms. The van der Waals surface area contributed by atoms with E-state index in [9.17, 15) is 18.0 Å². The molecule has 8 heteroatoms. The highest BCUT2D eigenvalue weighted by Gasteiger charge is 2.36. The molecule has 0 aliphatic heterocycles. The van der Waals surface area contributed by atoms with Gasteiger partial charge in [0, 0.05) is 18.8 Å². The normalized spacial score (nSPS) is 11.1. The van der Waals surface area contributed by atoms with E-state index in [-0.39, 0.29) is 25.5 Å². The average molecular weight is 493 g/mol. The Bertz CT molecular complexity index is 1070. The van der Waals surface area contributed by atoms with Gasteiger partial charge in [0.2, 0.25) is 0 Å². The summed E-state index contributed by atoms with van der Waals surface area (Å²) in [6.45, 7) is 4.82. The van der Waals surface area contributed by atoms with Crippen LogP contribution in [0.3, 0.4) is 0 Å². The van der Waals surface area contributed by atoms with Crippen LogP contribution in [0.1, 0.15) is 46.8 Å². The minimum absolute atomic E-state index is 0. The summed E-state index contributed by atoms with van der Waals surface area (Å²) < 4.78 is 46.0. The van der Waals surface area contributed by atoms with E-state index in [1.165, 1.54) is 28.7 Å². The van der Waals surface area contributed by atoms with Crippen LogP contribution in [-0.4, -0.2) is 19.0 Å². The van der Waals surface area contributed by atoms with Crippen molar-refractivity contribution in [1.82, 2.24) is 0 Å². The molecule has 1 amide bonds. The summed E-state index contributed by atoms with van der Waals surface area (Å²) in [5.74, 6) is 0.282. The lowest BCUT2D eigenvalue weighted by Crippen LogP contribution is -2.36. The number of rotatable bonds is 8. The van der Waals surface area contributed by atoms with Crippen molar-refractivity contribution in [3.05, 3.63) is 95.1 Å². The van der Waals surface area contributed by atoms with Crippen LogP contribution in [0.2, 0.25) is 0 Å². The van der Waals surface area contributed by atoms with E-state index in [4.69, 9.17) is 10.5 Å². The van der Waals surface area contributed by atoms with Crippen molar-refractivity contribution < 1.29 is 22.7 Å². The quantitative estimate of drug-likeness (QED) is 0.394. The molecule has 0 aromatic heterocycles. The zero-order chi connectivity index (χ0) is 24.0. The van der Waals surface area contributed by atoms with Crippen LogP contribution in [0.5, 0.6) is 5.75 Å². The number of hydrogen-bond donors (Lipinski definition) is 1. The van der Waals surface area contributed by atoms with E-state index in [1.807, 2.05) is 12.1 Å². The third-order valence-corrected chi connectivity index (χ3v) is 5.26. The summed E-state index contributed by atoms with van der Waals surface area (Å²) in [6.07, 6.45) is -4.63. The molecule has 0 unspecified atom stereocenters. The van der Waals surface area contributed by atoms with E-state index in [2.05, 4.69) is 26.0 Å². The first-order valence-electron chi connectivity index (χ1n) is 10.7. The fourth-order valence-corrected chi connectivity index (χ4v) is 3.43. The topological polar surface area (TPSA) is 55.6 Å². The number of hydrogen-bond acceptors (Lipinski definition) is 3. The maximum atomic E-state index is 13.4. The van der Waals surface area contributed by atoms with Crippen LogP contribution >= 0.6 is 12.4 Å². The van der Waals surface area contributed by atoms with E-state index in [0.717, 1.165) is 11.6 Å². The third kappa shape index (κ3) is 6.74. The number of carbonyl (C=O) groups excluding carboxylic acids is 1. The lowest BCUT2D eigenvalue weighted by molar-refractivity contribution is -0.137. The van der Waals surface area contributed by atoms with Gasteiger partial charge >= 0.3 is 6.18 Å². The minimum Gasteiger partial charge on any atom is -0.489 e. The number of halogens is 4. The molecule has 0 aliphatic rings. The number of alkyl halides is 3. The SMILES string of the molecule is CC(C)c1ccc(COc2ccc(N(CCN)C(=O)c3ccccc3C(F)(F)F)cc2)cc1.Cl. The van der Waals surface area contributed by atoms with E-state index in [0.29, 0.717) is 24.0 Å². The minimum atomic E-state index is -4.63. The molecule has 2 N–H and O–H groups in total. The van der Waals surface area contributed by atoms with Crippen molar-refractivity contribution in [3.8, 4) is 5.75 Å². The first kappa shape index (κ1) is 27.2. The fraction of sp³-hybridized carbons (Fsp3) is 0.269. The molecule has 0 spiro atoms. The van der Waals surface area contributed by atoms with Crippen molar-refractivity contribution in [3.63, 3.8) is 0 Å². The van der Waals surface area contributed by atoms with E-state index >= 15 is 0 Å². The monoisotopic (exact) mass is 492 g/mol. The predicted octanol–water partition coefficient (Wildman–Crippen LogP) is 6.44. The van der Waals surface area contributed by atoms with Gasteiger partial charge in [-0.1, -0.05) is 50.2 Å². The summed E-state index contributed by atoms with van der Waals surface area (Å²) in [7, 11) is 0. The van der Waals surface area contributed by atoms with Gasteiger partial charge in [-0.15, -0.1) is 12.4 Å². The predicted molar refractivity (Wildman–Crippen MR) is 131 cm³/mol. The molecule has 0 radical (unpaired) electrons. The maximum absolute atomic E-state index is 13.4. The van der Waals surface area contributed by atoms with Gasteiger partial charge < -0.3 is 15.4 Å². The molecule has 0 atom stereocenters. The van der Waals surface area contributed by atoms with Gasteiger partial charge in [-0.25, -0.2) is 0 Å². The number of benzene rings is 3. The average Bonchev–Trinajstić information content (AvgIpc) is 2.81. The fourth-order valence-electron chi connectivity index (χ4n) is 3.43. The molecule has 0 fully saturated rings. The van der Waals surface area contributed by atoms with Crippen molar-refractivity contribution in [2.45, 2.75) is 32.5 Å². The smallest absolute Gasteiger partial charge is 0.417 e. The highest BCUT2D eigenvalue weighted by Crippen LogP contribution is 2.33. The summed E-state index contributed by atoms with van der Waals surface area (Å²) in [4.78, 5) is 14.3. The van der Waals surface area contributed by atoms with Crippen molar-refractivity contribution in [2.75, 3.05) is 18.0 Å². The Morgan fingerprint density at radius 2 is 1.59 bits per heavy atom. The van der Waals surface area contributed by atoms with E-state index < -0.39 is 23.2 Å². The Labute approximate surface area is 203 Å². The van der Waals surface area contributed by atoms with Crippen molar-refractivity contribution in [1.29, 1.82) is 0 Å². The van der Waals surface area contributed by atoms with Gasteiger partial charge in [-0.05, 0) is 53.4 Å². The van der Waals surface area contributed by atoms with Gasteiger partial charge in [0.05, 0.1) is 11.1 Å². The molecule has 4 nitrogen and oxygen atoms in total. The summed E-state index contributed by atoms with van der Waals surface area (Å²) >= 11 is 0. The number of carbonyl (C=O) groups is 1. The van der Waals surface area contributed by atoms with Crippen LogP contribution in [-0.2, 0) is 12.8 Å². The molecule has 0 saturated carbocycles. The lowest BCUT2D eigenvalue weighted by atomic mass is 10.0. The second-order valence-corrected chi connectivity index (χ2v) is 7.97. The van der Waals surface area contributed by atoms with Gasteiger partial charge in [-0.2, -0.15) is 13.2 Å². The van der Waals surface area contributed by atoms with Crippen molar-refractivity contribution in [2.24, 2.45) is 5.73 Å². The summed E-state index contributed by atoms with van der Waals surface area (Å²) in [6, 6.07) is 19.6. The number of anilines is 1. The summed E-state index contributed by atoms with van der Waals surface area (Å²) in [5, 5.41) is 0. The molecule has 3 aromatic rings. The number of nitrogens with zero attached hydrogens (tertiary/aromatic N) is 1. The molecule has 0 heterocycles. The maximum Gasteiger partial charge on any atom is 0.417 e. The van der Waals surface area contributed by atoms with Crippen LogP contribution in [0.15, 0.2) is 72.8 Å². The zero-order valence-corrected chi connectivity index (χ0v) is 19.8. The Balaban J connectivity index is 0.00000408. The standard InChI is InChI=1S/C26H27F3N2O2.ClH/c1-18(2)20-9-7-19(8-10-20)17-33-22-13-11-21(12-14-22)31(16-15-30)25(32)23-5-3-4-6-24(23)26(27,28)29;/h3-14,18H,15-17,30H2,1-2H3;1H. The number of amides is 1.